The van der Waals surface area contributed by atoms with Crippen molar-refractivity contribution in [1.29, 1.82) is 0 Å². The molecular weight excluding hydrogens is 360 g/mol. The number of hydrogen-bond donors (Lipinski definition) is 0. The van der Waals surface area contributed by atoms with Crippen molar-refractivity contribution >= 4 is 17.2 Å². The topological polar surface area (TPSA) is 59.5 Å². The fraction of sp³-hybridized carbons (Fsp3) is 0.429. The lowest BCUT2D eigenvalue weighted by atomic mass is 10.2. The third-order valence-corrected chi connectivity index (χ3v) is 6.31. The molecule has 2 unspecified atom stereocenters. The van der Waals surface area contributed by atoms with Crippen molar-refractivity contribution in [3.8, 4) is 10.8 Å². The van der Waals surface area contributed by atoms with E-state index in [0.717, 1.165) is 46.7 Å². The van der Waals surface area contributed by atoms with E-state index in [0.29, 0.717) is 24.9 Å². The van der Waals surface area contributed by atoms with E-state index in [1.54, 1.807) is 6.26 Å². The first-order chi connectivity index (χ1) is 13.2. The van der Waals surface area contributed by atoms with Crippen LogP contribution in [0.4, 0.5) is 0 Å². The summed E-state index contributed by atoms with van der Waals surface area (Å²) in [6, 6.07) is 8.18. The van der Waals surface area contributed by atoms with Crippen LogP contribution in [0.2, 0.25) is 0 Å². The van der Waals surface area contributed by atoms with Gasteiger partial charge in [0.1, 0.15) is 11.5 Å². The van der Waals surface area contributed by atoms with E-state index in [4.69, 9.17) is 8.83 Å². The number of furan rings is 2. The predicted octanol–water partition coefficient (Wildman–Crippen LogP) is 4.85. The van der Waals surface area contributed by atoms with Gasteiger partial charge in [0.15, 0.2) is 10.8 Å². The van der Waals surface area contributed by atoms with Crippen LogP contribution in [0, 0.1) is 5.92 Å². The van der Waals surface area contributed by atoms with Gasteiger partial charge in [-0.15, -0.1) is 11.3 Å². The van der Waals surface area contributed by atoms with Gasteiger partial charge in [0.05, 0.1) is 24.9 Å². The fourth-order valence-electron chi connectivity index (χ4n) is 3.53. The summed E-state index contributed by atoms with van der Waals surface area (Å²) in [6.07, 6.45) is 5.32. The highest BCUT2D eigenvalue weighted by Gasteiger charge is 2.37. The lowest BCUT2D eigenvalue weighted by Gasteiger charge is -2.21. The summed E-state index contributed by atoms with van der Waals surface area (Å²) in [7, 11) is 0. The summed E-state index contributed by atoms with van der Waals surface area (Å²) < 4.78 is 11.4. The first-order valence-corrected chi connectivity index (χ1v) is 10.4. The van der Waals surface area contributed by atoms with Crippen LogP contribution in [0.25, 0.3) is 10.8 Å². The van der Waals surface area contributed by atoms with Gasteiger partial charge in [-0.2, -0.15) is 0 Å². The van der Waals surface area contributed by atoms with Gasteiger partial charge >= 0.3 is 0 Å². The summed E-state index contributed by atoms with van der Waals surface area (Å²) in [5.74, 6) is 4.11. The van der Waals surface area contributed by atoms with Crippen LogP contribution in [0.3, 0.4) is 0 Å². The zero-order chi connectivity index (χ0) is 18.4. The molecule has 1 amide bonds. The van der Waals surface area contributed by atoms with Crippen LogP contribution in [0.15, 0.2) is 44.7 Å². The van der Waals surface area contributed by atoms with Gasteiger partial charge in [0.2, 0.25) is 5.91 Å². The third-order valence-electron chi connectivity index (χ3n) is 5.41. The van der Waals surface area contributed by atoms with Crippen molar-refractivity contribution in [2.45, 2.75) is 51.1 Å². The molecule has 2 aliphatic rings. The van der Waals surface area contributed by atoms with Crippen LogP contribution < -0.4 is 0 Å². The Morgan fingerprint density at radius 3 is 2.89 bits per heavy atom. The summed E-state index contributed by atoms with van der Waals surface area (Å²) in [6.45, 7) is 2.80. The molecule has 140 valence electrons. The Bertz CT molecular complexity index is 938. The molecule has 0 aromatic carbocycles. The molecule has 5 nitrogen and oxygen atoms in total. The van der Waals surface area contributed by atoms with Crippen molar-refractivity contribution < 1.29 is 13.6 Å². The summed E-state index contributed by atoms with van der Waals surface area (Å²) >= 11 is 1.51. The number of carbonyl (C=O) groups is 1. The Morgan fingerprint density at radius 2 is 2.19 bits per heavy atom. The maximum absolute atomic E-state index is 12.9. The average Bonchev–Trinajstić information content (AvgIpc) is 3.39. The maximum atomic E-state index is 12.9. The Labute approximate surface area is 162 Å². The van der Waals surface area contributed by atoms with Crippen molar-refractivity contribution in [3.05, 3.63) is 53.1 Å². The Hall–Kier alpha value is -2.34. The highest BCUT2D eigenvalue weighted by Crippen LogP contribution is 2.47. The molecular formula is C21H22N2O3S. The molecule has 5 rings (SSSR count). The SMILES string of the molecule is CC1CC1c1ccc(CN(C(=O)Cc2csc(-c3ccco3)n2)C2CC2)o1. The minimum absolute atomic E-state index is 0.117. The molecule has 3 aromatic heterocycles. The van der Waals surface area contributed by atoms with Crippen molar-refractivity contribution in [2.75, 3.05) is 0 Å². The van der Waals surface area contributed by atoms with Crippen LogP contribution in [0.5, 0.6) is 0 Å². The van der Waals surface area contributed by atoms with Crippen LogP contribution >= 0.6 is 11.3 Å². The molecule has 0 saturated heterocycles. The Morgan fingerprint density at radius 1 is 1.33 bits per heavy atom. The van der Waals surface area contributed by atoms with Gasteiger partial charge in [0.25, 0.3) is 0 Å². The average molecular weight is 382 g/mol. The standard InChI is InChI=1S/C21H22N2O3S/c1-13-9-17(13)18-7-6-16(26-18)11-23(15-4-5-15)20(24)10-14-12-27-21(22-14)19-3-2-8-25-19/h2-3,6-8,12-13,15,17H,4-5,9-11H2,1H3. The first kappa shape index (κ1) is 16.8. The van der Waals surface area contributed by atoms with Crippen molar-refractivity contribution in [2.24, 2.45) is 5.92 Å². The zero-order valence-electron chi connectivity index (χ0n) is 15.3. The molecule has 6 heteroatoms. The maximum Gasteiger partial charge on any atom is 0.229 e. The van der Waals surface area contributed by atoms with E-state index >= 15 is 0 Å². The molecule has 0 aliphatic heterocycles. The summed E-state index contributed by atoms with van der Waals surface area (Å²) in [5.41, 5.74) is 0.800. The number of thiazole rings is 1. The largest absolute Gasteiger partial charge is 0.464 e. The molecule has 3 aromatic rings. The second kappa shape index (κ2) is 6.68. The minimum Gasteiger partial charge on any atom is -0.464 e. The van der Waals surface area contributed by atoms with Gasteiger partial charge in [-0.1, -0.05) is 6.92 Å². The van der Waals surface area contributed by atoms with Crippen molar-refractivity contribution in [1.82, 2.24) is 9.88 Å². The van der Waals surface area contributed by atoms with Gasteiger partial charge in [-0.3, -0.25) is 4.79 Å². The Balaban J connectivity index is 1.26. The quantitative estimate of drug-likeness (QED) is 0.586. The van der Waals surface area contributed by atoms with Gasteiger partial charge < -0.3 is 13.7 Å². The van der Waals surface area contributed by atoms with Gasteiger partial charge in [0, 0.05) is 17.3 Å². The number of aromatic nitrogens is 1. The molecule has 0 bridgehead atoms. The van der Waals surface area contributed by atoms with Crippen LogP contribution in [-0.4, -0.2) is 21.8 Å². The zero-order valence-corrected chi connectivity index (χ0v) is 16.1. The molecule has 27 heavy (non-hydrogen) atoms. The fourth-order valence-corrected chi connectivity index (χ4v) is 4.32. The van der Waals surface area contributed by atoms with E-state index in [1.165, 1.54) is 17.8 Å². The van der Waals surface area contributed by atoms with E-state index < -0.39 is 0 Å². The normalized spacial score (nSPS) is 21.4. The molecule has 0 spiro atoms. The number of nitrogens with zero attached hydrogens (tertiary/aromatic N) is 2. The minimum atomic E-state index is 0.117. The monoisotopic (exact) mass is 382 g/mol. The van der Waals surface area contributed by atoms with Gasteiger partial charge in [-0.05, 0) is 49.4 Å². The summed E-state index contributed by atoms with van der Waals surface area (Å²) in [5, 5.41) is 2.76. The molecule has 2 atom stereocenters. The smallest absolute Gasteiger partial charge is 0.229 e. The van der Waals surface area contributed by atoms with E-state index in [9.17, 15) is 4.79 Å². The number of amides is 1. The highest BCUT2D eigenvalue weighted by molar-refractivity contribution is 7.13. The molecule has 3 heterocycles. The van der Waals surface area contributed by atoms with E-state index in [1.807, 2.05) is 28.5 Å². The Kier molecular flexibility index (Phi) is 4.16. The third kappa shape index (κ3) is 3.58. The molecule has 2 saturated carbocycles. The summed E-state index contributed by atoms with van der Waals surface area (Å²) in [4.78, 5) is 19.4. The second-order valence-electron chi connectivity index (χ2n) is 7.67. The van der Waals surface area contributed by atoms with E-state index in [2.05, 4.69) is 18.0 Å². The lowest BCUT2D eigenvalue weighted by Crippen LogP contribution is -2.33. The molecule has 0 radical (unpaired) electrons. The first-order valence-electron chi connectivity index (χ1n) is 9.53. The van der Waals surface area contributed by atoms with Crippen molar-refractivity contribution in [3.63, 3.8) is 0 Å². The van der Waals surface area contributed by atoms with Gasteiger partial charge in [-0.25, -0.2) is 4.98 Å². The van der Waals surface area contributed by atoms with Crippen LogP contribution in [-0.2, 0) is 17.8 Å². The molecule has 2 aliphatic carbocycles. The molecule has 2 fully saturated rings. The highest BCUT2D eigenvalue weighted by atomic mass is 32.1. The predicted molar refractivity (Wildman–Crippen MR) is 102 cm³/mol. The number of rotatable bonds is 7. The van der Waals surface area contributed by atoms with E-state index in [-0.39, 0.29) is 5.91 Å². The lowest BCUT2D eigenvalue weighted by molar-refractivity contribution is -0.132. The van der Waals surface area contributed by atoms with Crippen LogP contribution in [0.1, 0.15) is 49.3 Å². The second-order valence-corrected chi connectivity index (χ2v) is 8.53. The number of carbonyl (C=O) groups excluding carboxylic acids is 1. The number of hydrogen-bond acceptors (Lipinski definition) is 5. The molecule has 0 N–H and O–H groups in total.